The maximum atomic E-state index is 13.6. The third-order valence-electron chi connectivity index (χ3n) is 5.09. The van der Waals surface area contributed by atoms with Gasteiger partial charge in [-0.25, -0.2) is 4.79 Å². The standard InChI is InChI=1S/C26H35N3O5/c1-16(2)29(21(31)15-27-25(33)34-26(5,6)7)23(19-11-13-20(30)14-12-19)24(32)28-22-17(3)9-8-10-18(22)4/h8-14,16,23,30H,15H2,1-7H3,(H,27,33)(H,28,32). The van der Waals surface area contributed by atoms with Gasteiger partial charge in [0.2, 0.25) is 5.91 Å². The molecule has 8 nitrogen and oxygen atoms in total. The predicted octanol–water partition coefficient (Wildman–Crippen LogP) is 4.45. The van der Waals surface area contributed by atoms with Gasteiger partial charge in [0.05, 0.1) is 0 Å². The fourth-order valence-electron chi connectivity index (χ4n) is 3.58. The highest BCUT2D eigenvalue weighted by molar-refractivity contribution is 5.99. The fraction of sp³-hybridized carbons (Fsp3) is 0.423. The SMILES string of the molecule is Cc1cccc(C)c1NC(=O)C(c1ccc(O)cc1)N(C(=O)CNC(=O)OC(C)(C)C)C(C)C. The normalized spacial score (nSPS) is 12.1. The van der Waals surface area contributed by atoms with Crippen molar-refractivity contribution in [1.82, 2.24) is 10.2 Å². The van der Waals surface area contributed by atoms with E-state index < -0.39 is 29.6 Å². The van der Waals surface area contributed by atoms with Crippen LogP contribution >= 0.6 is 0 Å². The van der Waals surface area contributed by atoms with Crippen molar-refractivity contribution in [3.8, 4) is 5.75 Å². The molecule has 8 heteroatoms. The van der Waals surface area contributed by atoms with Crippen LogP contribution in [0.4, 0.5) is 10.5 Å². The molecule has 0 spiro atoms. The first-order valence-corrected chi connectivity index (χ1v) is 11.2. The summed E-state index contributed by atoms with van der Waals surface area (Å²) in [5, 5.41) is 15.2. The molecule has 0 saturated carbocycles. The van der Waals surface area contributed by atoms with E-state index in [-0.39, 0.29) is 18.3 Å². The molecule has 0 radical (unpaired) electrons. The van der Waals surface area contributed by atoms with Crippen LogP contribution in [0.5, 0.6) is 5.75 Å². The van der Waals surface area contributed by atoms with Gasteiger partial charge in [-0.2, -0.15) is 0 Å². The lowest BCUT2D eigenvalue weighted by Crippen LogP contribution is -2.49. The molecule has 0 fully saturated rings. The fourth-order valence-corrected chi connectivity index (χ4v) is 3.58. The second-order valence-corrected chi connectivity index (χ2v) is 9.50. The van der Waals surface area contributed by atoms with Gasteiger partial charge in [-0.1, -0.05) is 30.3 Å². The number of alkyl carbamates (subject to hydrolysis) is 1. The zero-order chi connectivity index (χ0) is 25.6. The Balaban J connectivity index is 2.38. The minimum absolute atomic E-state index is 0.0478. The lowest BCUT2D eigenvalue weighted by atomic mass is 10.0. The quantitative estimate of drug-likeness (QED) is 0.555. The Kier molecular flexibility index (Phi) is 8.68. The lowest BCUT2D eigenvalue weighted by molar-refractivity contribution is -0.140. The van der Waals surface area contributed by atoms with Crippen molar-refractivity contribution in [2.45, 2.75) is 66.2 Å². The highest BCUT2D eigenvalue weighted by Gasteiger charge is 2.34. The first-order valence-electron chi connectivity index (χ1n) is 11.2. The third-order valence-corrected chi connectivity index (χ3v) is 5.09. The molecule has 0 saturated heterocycles. The van der Waals surface area contributed by atoms with E-state index in [0.29, 0.717) is 11.3 Å². The summed E-state index contributed by atoms with van der Waals surface area (Å²) in [5.41, 5.74) is 2.30. The molecule has 1 atom stereocenters. The van der Waals surface area contributed by atoms with Crippen LogP contribution in [0.2, 0.25) is 0 Å². The van der Waals surface area contributed by atoms with Crippen molar-refractivity contribution in [3.05, 3.63) is 59.2 Å². The predicted molar refractivity (Wildman–Crippen MR) is 132 cm³/mol. The lowest BCUT2D eigenvalue weighted by Gasteiger charge is -2.35. The number of amides is 3. The molecule has 0 heterocycles. The zero-order valence-corrected chi connectivity index (χ0v) is 20.9. The van der Waals surface area contributed by atoms with Crippen molar-refractivity contribution in [2.75, 3.05) is 11.9 Å². The van der Waals surface area contributed by atoms with Crippen LogP contribution < -0.4 is 10.6 Å². The number of benzene rings is 2. The summed E-state index contributed by atoms with van der Waals surface area (Å²) in [5.74, 6) is -0.801. The van der Waals surface area contributed by atoms with Crippen molar-refractivity contribution in [1.29, 1.82) is 0 Å². The molecule has 3 amide bonds. The van der Waals surface area contributed by atoms with Crippen LogP contribution in [-0.2, 0) is 14.3 Å². The molecular formula is C26H35N3O5. The number of rotatable bonds is 7. The molecule has 2 rings (SSSR count). The Bertz CT molecular complexity index is 1010. The molecule has 0 aromatic heterocycles. The first kappa shape index (κ1) is 26.7. The molecule has 2 aromatic rings. The minimum Gasteiger partial charge on any atom is -0.508 e. The van der Waals surface area contributed by atoms with Gasteiger partial charge in [0.25, 0.3) is 5.91 Å². The van der Waals surface area contributed by atoms with E-state index in [1.54, 1.807) is 46.8 Å². The number of ether oxygens (including phenoxy) is 1. The van der Waals surface area contributed by atoms with Gasteiger partial charge >= 0.3 is 6.09 Å². The van der Waals surface area contributed by atoms with Crippen LogP contribution in [0, 0.1) is 13.8 Å². The first-order chi connectivity index (χ1) is 15.8. The van der Waals surface area contributed by atoms with Gasteiger partial charge in [-0.15, -0.1) is 0 Å². The maximum absolute atomic E-state index is 13.6. The second kappa shape index (κ2) is 11.0. The van der Waals surface area contributed by atoms with Crippen molar-refractivity contribution in [2.24, 2.45) is 0 Å². The summed E-state index contributed by atoms with van der Waals surface area (Å²) in [6, 6.07) is 10.5. The second-order valence-electron chi connectivity index (χ2n) is 9.50. The number of phenolic OH excluding ortho intramolecular Hbond substituents is 1. The van der Waals surface area contributed by atoms with Gasteiger partial charge in [-0.3, -0.25) is 9.59 Å². The number of nitrogens with zero attached hydrogens (tertiary/aromatic N) is 1. The average molecular weight is 470 g/mol. The average Bonchev–Trinajstić information content (AvgIpc) is 2.72. The number of hydrogen-bond acceptors (Lipinski definition) is 5. The topological polar surface area (TPSA) is 108 Å². The molecule has 184 valence electrons. The van der Waals surface area contributed by atoms with Crippen LogP contribution in [0.1, 0.15) is 57.4 Å². The van der Waals surface area contributed by atoms with Crippen molar-refractivity contribution >= 4 is 23.6 Å². The number of phenols is 1. The van der Waals surface area contributed by atoms with Gasteiger partial charge < -0.3 is 25.4 Å². The molecule has 1 unspecified atom stereocenters. The summed E-state index contributed by atoms with van der Waals surface area (Å²) in [6.45, 7) is 12.2. The van der Waals surface area contributed by atoms with Crippen molar-refractivity contribution in [3.63, 3.8) is 0 Å². The summed E-state index contributed by atoms with van der Waals surface area (Å²) in [4.78, 5) is 40.3. The number of carbonyl (C=O) groups excluding carboxylic acids is 3. The van der Waals surface area contributed by atoms with Gasteiger partial charge in [0.1, 0.15) is 23.9 Å². The Labute approximate surface area is 201 Å². The molecule has 0 bridgehead atoms. The third kappa shape index (κ3) is 7.23. The molecule has 34 heavy (non-hydrogen) atoms. The number of para-hydroxylation sites is 1. The van der Waals surface area contributed by atoms with Crippen molar-refractivity contribution < 1.29 is 24.2 Å². The van der Waals surface area contributed by atoms with E-state index in [4.69, 9.17) is 4.74 Å². The van der Waals surface area contributed by atoms with Crippen LogP contribution in [0.3, 0.4) is 0 Å². The van der Waals surface area contributed by atoms with Gasteiger partial charge in [-0.05, 0) is 77.3 Å². The number of nitrogens with one attached hydrogen (secondary N) is 2. The highest BCUT2D eigenvalue weighted by Crippen LogP contribution is 2.28. The number of hydrogen-bond donors (Lipinski definition) is 3. The summed E-state index contributed by atoms with van der Waals surface area (Å²) >= 11 is 0. The largest absolute Gasteiger partial charge is 0.508 e. The van der Waals surface area contributed by atoms with Gasteiger partial charge in [0, 0.05) is 11.7 Å². The maximum Gasteiger partial charge on any atom is 0.408 e. The summed E-state index contributed by atoms with van der Waals surface area (Å²) < 4.78 is 5.21. The van der Waals surface area contributed by atoms with E-state index in [0.717, 1.165) is 11.1 Å². The van der Waals surface area contributed by atoms with E-state index in [1.807, 2.05) is 32.0 Å². The minimum atomic E-state index is -0.993. The number of carbonyl (C=O) groups is 3. The van der Waals surface area contributed by atoms with Crippen LogP contribution in [-0.4, -0.2) is 46.1 Å². The molecule has 0 aliphatic heterocycles. The number of aryl methyl sites for hydroxylation is 2. The van der Waals surface area contributed by atoms with E-state index >= 15 is 0 Å². The van der Waals surface area contributed by atoms with Crippen LogP contribution in [0.25, 0.3) is 0 Å². The molecular weight excluding hydrogens is 434 g/mol. The Hall–Kier alpha value is -3.55. The molecule has 2 aromatic carbocycles. The summed E-state index contributed by atoms with van der Waals surface area (Å²) in [7, 11) is 0. The molecule has 3 N–H and O–H groups in total. The van der Waals surface area contributed by atoms with Crippen LogP contribution in [0.15, 0.2) is 42.5 Å². The Morgan fingerprint density at radius 1 is 1.00 bits per heavy atom. The molecule has 0 aliphatic carbocycles. The van der Waals surface area contributed by atoms with E-state index in [2.05, 4.69) is 10.6 Å². The smallest absolute Gasteiger partial charge is 0.408 e. The monoisotopic (exact) mass is 469 g/mol. The summed E-state index contributed by atoms with van der Waals surface area (Å²) in [6.07, 6.45) is -0.717. The van der Waals surface area contributed by atoms with Gasteiger partial charge in [0.15, 0.2) is 0 Å². The zero-order valence-electron chi connectivity index (χ0n) is 20.9. The Morgan fingerprint density at radius 3 is 2.06 bits per heavy atom. The number of aromatic hydroxyl groups is 1. The van der Waals surface area contributed by atoms with E-state index in [9.17, 15) is 19.5 Å². The Morgan fingerprint density at radius 2 is 1.56 bits per heavy atom. The number of anilines is 1. The van der Waals surface area contributed by atoms with E-state index in [1.165, 1.54) is 17.0 Å². The molecule has 0 aliphatic rings. The highest BCUT2D eigenvalue weighted by atomic mass is 16.6.